The van der Waals surface area contributed by atoms with E-state index in [1.165, 1.54) is 11.8 Å². The number of H-pyrrole nitrogens is 1. The zero-order valence-electron chi connectivity index (χ0n) is 11.5. The molecule has 0 amide bonds. The molecule has 0 aliphatic heterocycles. The number of rotatable bonds is 6. The predicted octanol–water partition coefficient (Wildman–Crippen LogP) is 2.99. The van der Waals surface area contributed by atoms with E-state index >= 15 is 0 Å². The van der Waals surface area contributed by atoms with Gasteiger partial charge in [-0.1, -0.05) is 37.7 Å². The minimum Gasteiger partial charge on any atom is -0.478 e. The van der Waals surface area contributed by atoms with E-state index in [1.807, 2.05) is 12.1 Å². The number of aromatic amines is 1. The van der Waals surface area contributed by atoms with Gasteiger partial charge in [0.2, 0.25) is 5.16 Å². The van der Waals surface area contributed by atoms with Crippen LogP contribution in [0.2, 0.25) is 0 Å². The highest BCUT2D eigenvalue weighted by atomic mass is 32.2. The van der Waals surface area contributed by atoms with Gasteiger partial charge in [0.05, 0.1) is 5.56 Å². The third kappa shape index (κ3) is 4.09. The Morgan fingerprint density at radius 1 is 1.35 bits per heavy atom. The van der Waals surface area contributed by atoms with E-state index < -0.39 is 5.97 Å². The van der Waals surface area contributed by atoms with Gasteiger partial charge in [-0.05, 0) is 23.6 Å². The third-order valence-electron chi connectivity index (χ3n) is 2.68. The smallest absolute Gasteiger partial charge is 0.335 e. The Hall–Kier alpha value is -1.82. The number of benzene rings is 1. The Balaban J connectivity index is 1.91. The number of hydrogen-bond donors (Lipinski definition) is 2. The summed E-state index contributed by atoms with van der Waals surface area (Å²) in [6.07, 6.45) is 0.890. The second-order valence-electron chi connectivity index (χ2n) is 4.95. The van der Waals surface area contributed by atoms with Crippen LogP contribution in [-0.2, 0) is 12.2 Å². The van der Waals surface area contributed by atoms with E-state index in [0.717, 1.165) is 28.7 Å². The van der Waals surface area contributed by atoms with E-state index in [-0.39, 0.29) is 0 Å². The Morgan fingerprint density at radius 3 is 2.65 bits per heavy atom. The van der Waals surface area contributed by atoms with Crippen molar-refractivity contribution in [1.29, 1.82) is 0 Å². The fourth-order valence-electron chi connectivity index (χ4n) is 1.71. The van der Waals surface area contributed by atoms with Crippen LogP contribution in [0.5, 0.6) is 0 Å². The number of carboxylic acid groups (broad SMARTS) is 1. The number of thioether (sulfide) groups is 1. The molecule has 2 N–H and O–H groups in total. The minimum absolute atomic E-state index is 0.302. The maximum Gasteiger partial charge on any atom is 0.335 e. The Kier molecular flexibility index (Phi) is 4.79. The van der Waals surface area contributed by atoms with Crippen molar-refractivity contribution in [2.24, 2.45) is 5.92 Å². The van der Waals surface area contributed by atoms with Crippen molar-refractivity contribution < 1.29 is 9.90 Å². The van der Waals surface area contributed by atoms with E-state index in [9.17, 15) is 4.79 Å². The molecule has 0 bridgehead atoms. The predicted molar refractivity (Wildman–Crippen MR) is 77.9 cm³/mol. The van der Waals surface area contributed by atoms with Crippen molar-refractivity contribution >= 4 is 17.7 Å². The molecule has 0 spiro atoms. The minimum atomic E-state index is -0.906. The lowest BCUT2D eigenvalue weighted by atomic mass is 10.1. The Morgan fingerprint density at radius 2 is 2.05 bits per heavy atom. The molecule has 0 fully saturated rings. The molecule has 0 aliphatic carbocycles. The molecule has 2 aromatic rings. The van der Waals surface area contributed by atoms with Gasteiger partial charge in [-0.15, -0.1) is 5.10 Å². The summed E-state index contributed by atoms with van der Waals surface area (Å²) in [5, 5.41) is 16.7. The number of hydrogen-bond acceptors (Lipinski definition) is 4. The van der Waals surface area contributed by atoms with E-state index in [1.54, 1.807) is 12.1 Å². The summed E-state index contributed by atoms with van der Waals surface area (Å²) in [6.45, 7) is 4.28. The molecule has 1 heterocycles. The van der Waals surface area contributed by atoms with Gasteiger partial charge in [-0.25, -0.2) is 9.78 Å². The summed E-state index contributed by atoms with van der Waals surface area (Å²) in [4.78, 5) is 15.2. The van der Waals surface area contributed by atoms with Crippen LogP contribution in [0.1, 0.15) is 35.6 Å². The molecular formula is C14H17N3O2S. The van der Waals surface area contributed by atoms with Gasteiger partial charge in [0.25, 0.3) is 0 Å². The first-order chi connectivity index (χ1) is 9.54. The molecule has 6 heteroatoms. The first-order valence-electron chi connectivity index (χ1n) is 6.41. The average molecular weight is 291 g/mol. The molecular weight excluding hydrogens is 274 g/mol. The second-order valence-corrected chi connectivity index (χ2v) is 5.90. The van der Waals surface area contributed by atoms with Crippen molar-refractivity contribution in [3.8, 4) is 0 Å². The SMILES string of the molecule is CC(C)Cc1nc(SCc2ccc(C(=O)O)cc2)n[nH]1. The van der Waals surface area contributed by atoms with Crippen LogP contribution in [0, 0.1) is 5.92 Å². The normalized spacial score (nSPS) is 10.9. The number of carboxylic acids is 1. The highest BCUT2D eigenvalue weighted by Gasteiger charge is 2.07. The topological polar surface area (TPSA) is 78.9 Å². The fourth-order valence-corrected chi connectivity index (χ4v) is 2.48. The maximum absolute atomic E-state index is 10.8. The number of aromatic carboxylic acids is 1. The molecule has 0 saturated carbocycles. The summed E-state index contributed by atoms with van der Waals surface area (Å²) in [5.74, 6) is 1.27. The summed E-state index contributed by atoms with van der Waals surface area (Å²) in [5.41, 5.74) is 1.35. The molecule has 0 saturated heterocycles. The lowest BCUT2D eigenvalue weighted by Crippen LogP contribution is -1.96. The molecule has 0 unspecified atom stereocenters. The van der Waals surface area contributed by atoms with Gasteiger partial charge in [-0.2, -0.15) is 0 Å². The van der Waals surface area contributed by atoms with Crippen LogP contribution in [0.25, 0.3) is 0 Å². The summed E-state index contributed by atoms with van der Waals surface area (Å²) in [7, 11) is 0. The lowest BCUT2D eigenvalue weighted by Gasteiger charge is -2.00. The van der Waals surface area contributed by atoms with Gasteiger partial charge in [0, 0.05) is 12.2 Å². The van der Waals surface area contributed by atoms with Crippen molar-refractivity contribution in [3.63, 3.8) is 0 Å². The van der Waals surface area contributed by atoms with Crippen LogP contribution < -0.4 is 0 Å². The molecule has 106 valence electrons. The Bertz CT molecular complexity index is 578. The fraction of sp³-hybridized carbons (Fsp3) is 0.357. The molecule has 2 rings (SSSR count). The van der Waals surface area contributed by atoms with Gasteiger partial charge >= 0.3 is 5.97 Å². The van der Waals surface area contributed by atoms with Crippen molar-refractivity contribution in [2.75, 3.05) is 0 Å². The summed E-state index contributed by atoms with van der Waals surface area (Å²) in [6, 6.07) is 6.86. The first kappa shape index (κ1) is 14.6. The molecule has 20 heavy (non-hydrogen) atoms. The number of carbonyl (C=O) groups is 1. The monoisotopic (exact) mass is 291 g/mol. The standard InChI is InChI=1S/C14H17N3O2S/c1-9(2)7-12-15-14(17-16-12)20-8-10-3-5-11(6-4-10)13(18)19/h3-6,9H,7-8H2,1-2H3,(H,18,19)(H,15,16,17). The first-order valence-corrected chi connectivity index (χ1v) is 7.39. The van der Waals surface area contributed by atoms with Gasteiger partial charge in [0.1, 0.15) is 5.82 Å². The zero-order valence-corrected chi connectivity index (χ0v) is 12.3. The highest BCUT2D eigenvalue weighted by Crippen LogP contribution is 2.19. The van der Waals surface area contributed by atoms with Crippen molar-refractivity contribution in [3.05, 3.63) is 41.2 Å². The number of nitrogens with one attached hydrogen (secondary N) is 1. The molecule has 0 atom stereocenters. The van der Waals surface area contributed by atoms with E-state index in [4.69, 9.17) is 5.11 Å². The third-order valence-corrected chi connectivity index (χ3v) is 3.60. The van der Waals surface area contributed by atoms with E-state index in [2.05, 4.69) is 29.0 Å². The largest absolute Gasteiger partial charge is 0.478 e. The van der Waals surface area contributed by atoms with Crippen LogP contribution in [0.3, 0.4) is 0 Å². The summed E-state index contributed by atoms with van der Waals surface area (Å²) >= 11 is 1.53. The maximum atomic E-state index is 10.8. The van der Waals surface area contributed by atoms with Crippen LogP contribution >= 0.6 is 11.8 Å². The van der Waals surface area contributed by atoms with Crippen LogP contribution in [-0.4, -0.2) is 26.3 Å². The van der Waals surface area contributed by atoms with Crippen LogP contribution in [0.4, 0.5) is 0 Å². The number of nitrogens with zero attached hydrogens (tertiary/aromatic N) is 2. The Labute approximate surface area is 121 Å². The van der Waals surface area contributed by atoms with Crippen LogP contribution in [0.15, 0.2) is 29.4 Å². The van der Waals surface area contributed by atoms with Gasteiger partial charge in [-0.3, -0.25) is 5.10 Å². The van der Waals surface area contributed by atoms with E-state index in [0.29, 0.717) is 11.5 Å². The molecule has 1 aromatic carbocycles. The molecule has 1 aromatic heterocycles. The molecule has 0 radical (unpaired) electrons. The van der Waals surface area contributed by atoms with Gasteiger partial charge in [0.15, 0.2) is 0 Å². The average Bonchev–Trinajstić information content (AvgIpc) is 2.83. The van der Waals surface area contributed by atoms with Crippen molar-refractivity contribution in [1.82, 2.24) is 15.2 Å². The zero-order chi connectivity index (χ0) is 14.5. The highest BCUT2D eigenvalue weighted by molar-refractivity contribution is 7.98. The lowest BCUT2D eigenvalue weighted by molar-refractivity contribution is 0.0697. The van der Waals surface area contributed by atoms with Crippen molar-refractivity contribution in [2.45, 2.75) is 31.2 Å². The summed E-state index contributed by atoms with van der Waals surface area (Å²) < 4.78 is 0. The molecule has 0 aliphatic rings. The number of aromatic nitrogens is 3. The quantitative estimate of drug-likeness (QED) is 0.800. The molecule has 5 nitrogen and oxygen atoms in total. The second kappa shape index (κ2) is 6.56. The van der Waals surface area contributed by atoms with Gasteiger partial charge < -0.3 is 5.11 Å².